The van der Waals surface area contributed by atoms with Crippen LogP contribution in [0.1, 0.15) is 27.7 Å². The van der Waals surface area contributed by atoms with Crippen molar-refractivity contribution in [3.8, 4) is 5.75 Å². The van der Waals surface area contributed by atoms with Gasteiger partial charge in [-0.2, -0.15) is 0 Å². The molecular weight excluding hydrogens is 252 g/mol. The Balaban J connectivity index is 2.37. The normalized spacial score (nSPS) is 12.8. The molecule has 4 nitrogen and oxygen atoms in total. The van der Waals surface area contributed by atoms with Crippen molar-refractivity contribution in [3.05, 3.63) is 24.3 Å². The zero-order valence-electron chi connectivity index (χ0n) is 13.1. The van der Waals surface area contributed by atoms with Gasteiger partial charge in [0.1, 0.15) is 5.75 Å². The maximum atomic E-state index is 11.8. The first kappa shape index (κ1) is 16.5. The minimum Gasteiger partial charge on any atom is -0.497 e. The topological polar surface area (TPSA) is 50.4 Å². The summed E-state index contributed by atoms with van der Waals surface area (Å²) in [5.74, 6) is 1.20. The number of benzene rings is 1. The summed E-state index contributed by atoms with van der Waals surface area (Å²) in [6, 6.07) is 7.34. The lowest BCUT2D eigenvalue weighted by atomic mass is 9.82. The molecule has 0 radical (unpaired) electrons. The quantitative estimate of drug-likeness (QED) is 0.841. The van der Waals surface area contributed by atoms with E-state index in [-0.39, 0.29) is 11.3 Å². The fourth-order valence-corrected chi connectivity index (χ4v) is 1.61. The molecule has 1 unspecified atom stereocenters. The van der Waals surface area contributed by atoms with Crippen molar-refractivity contribution in [2.24, 2.45) is 11.3 Å². The van der Waals surface area contributed by atoms with Crippen LogP contribution < -0.4 is 15.4 Å². The molecule has 0 aromatic heterocycles. The van der Waals surface area contributed by atoms with E-state index in [1.54, 1.807) is 13.2 Å². The van der Waals surface area contributed by atoms with Crippen LogP contribution in [0, 0.1) is 11.3 Å². The van der Waals surface area contributed by atoms with Crippen LogP contribution in [0.2, 0.25) is 0 Å². The fourth-order valence-electron chi connectivity index (χ4n) is 1.61. The summed E-state index contributed by atoms with van der Waals surface area (Å²) in [6.07, 6.45) is 0. The van der Waals surface area contributed by atoms with Crippen molar-refractivity contribution >= 4 is 11.6 Å². The number of hydrogen-bond donors (Lipinski definition) is 2. The van der Waals surface area contributed by atoms with Gasteiger partial charge in [0.05, 0.1) is 13.7 Å². The van der Waals surface area contributed by atoms with Gasteiger partial charge in [0.2, 0.25) is 5.91 Å². The predicted molar refractivity (Wildman–Crippen MR) is 83.1 cm³/mol. The van der Waals surface area contributed by atoms with E-state index in [1.165, 1.54) is 0 Å². The third kappa shape index (κ3) is 5.61. The summed E-state index contributed by atoms with van der Waals surface area (Å²) in [7, 11) is 1.61. The van der Waals surface area contributed by atoms with Gasteiger partial charge in [-0.25, -0.2) is 0 Å². The second-order valence-corrected chi connectivity index (χ2v) is 6.18. The molecule has 20 heavy (non-hydrogen) atoms. The minimum atomic E-state index is -0.0423. The molecule has 4 heteroatoms. The van der Waals surface area contributed by atoms with E-state index in [0.717, 1.165) is 18.0 Å². The first-order chi connectivity index (χ1) is 9.32. The Bertz CT molecular complexity index is 438. The van der Waals surface area contributed by atoms with Crippen molar-refractivity contribution in [2.45, 2.75) is 27.7 Å². The molecule has 1 atom stereocenters. The lowest BCUT2D eigenvalue weighted by Gasteiger charge is -2.27. The third-order valence-electron chi connectivity index (χ3n) is 3.57. The van der Waals surface area contributed by atoms with Crippen LogP contribution in [0.3, 0.4) is 0 Å². The number of carbonyl (C=O) groups is 1. The molecule has 0 spiro atoms. The molecular formula is C16H26N2O2. The third-order valence-corrected chi connectivity index (χ3v) is 3.57. The highest BCUT2D eigenvalue weighted by Crippen LogP contribution is 2.24. The van der Waals surface area contributed by atoms with Crippen molar-refractivity contribution in [3.63, 3.8) is 0 Å². The number of anilines is 1. The van der Waals surface area contributed by atoms with E-state index >= 15 is 0 Å². The number of nitrogens with one attached hydrogen (secondary N) is 2. The van der Waals surface area contributed by atoms with Gasteiger partial charge in [0, 0.05) is 11.8 Å². The molecule has 1 aromatic carbocycles. The summed E-state index contributed by atoms with van der Waals surface area (Å²) < 4.78 is 5.12. The molecule has 0 aliphatic carbocycles. The summed E-state index contributed by atoms with van der Waals surface area (Å²) in [5.41, 5.74) is 0.996. The van der Waals surface area contributed by atoms with Crippen LogP contribution in [-0.2, 0) is 4.79 Å². The Morgan fingerprint density at radius 2 is 2.05 bits per heavy atom. The van der Waals surface area contributed by atoms with Crippen LogP contribution >= 0.6 is 0 Å². The Morgan fingerprint density at radius 1 is 1.35 bits per heavy atom. The van der Waals surface area contributed by atoms with Gasteiger partial charge in [-0.05, 0) is 30.0 Å². The highest BCUT2D eigenvalue weighted by atomic mass is 16.5. The van der Waals surface area contributed by atoms with Crippen molar-refractivity contribution in [1.82, 2.24) is 5.32 Å². The molecule has 0 aliphatic rings. The van der Waals surface area contributed by atoms with E-state index in [4.69, 9.17) is 4.74 Å². The number of methoxy groups -OCH3 is 1. The monoisotopic (exact) mass is 278 g/mol. The van der Waals surface area contributed by atoms with Gasteiger partial charge in [-0.15, -0.1) is 0 Å². The summed E-state index contributed by atoms with van der Waals surface area (Å²) >= 11 is 0. The summed E-state index contributed by atoms with van der Waals surface area (Å²) in [6.45, 7) is 9.95. The molecule has 0 saturated carbocycles. The Hall–Kier alpha value is -1.55. The van der Waals surface area contributed by atoms with E-state index in [2.05, 4.69) is 38.3 Å². The van der Waals surface area contributed by atoms with Crippen LogP contribution in [0.25, 0.3) is 0 Å². The summed E-state index contributed by atoms with van der Waals surface area (Å²) in [5, 5.41) is 6.04. The lowest BCUT2D eigenvalue weighted by molar-refractivity contribution is -0.115. The van der Waals surface area contributed by atoms with Gasteiger partial charge in [0.25, 0.3) is 0 Å². The van der Waals surface area contributed by atoms with Crippen molar-refractivity contribution < 1.29 is 9.53 Å². The second-order valence-electron chi connectivity index (χ2n) is 6.18. The number of rotatable bonds is 6. The molecule has 0 bridgehead atoms. The zero-order valence-corrected chi connectivity index (χ0v) is 13.1. The van der Waals surface area contributed by atoms with Crippen molar-refractivity contribution in [1.29, 1.82) is 0 Å². The molecule has 2 N–H and O–H groups in total. The van der Waals surface area contributed by atoms with Crippen LogP contribution in [0.15, 0.2) is 24.3 Å². The maximum Gasteiger partial charge on any atom is 0.238 e. The molecule has 1 amide bonds. The average molecular weight is 278 g/mol. The average Bonchev–Trinajstić information content (AvgIpc) is 2.37. The SMILES string of the molecule is COc1cccc(NC(=O)CNCC(C)C(C)(C)C)c1. The second kappa shape index (κ2) is 7.29. The predicted octanol–water partition coefficient (Wildman–Crippen LogP) is 2.91. The largest absolute Gasteiger partial charge is 0.497 e. The highest BCUT2D eigenvalue weighted by Gasteiger charge is 2.19. The summed E-state index contributed by atoms with van der Waals surface area (Å²) in [4.78, 5) is 11.8. The Kier molecular flexibility index (Phi) is 6.02. The van der Waals surface area contributed by atoms with Crippen LogP contribution in [-0.4, -0.2) is 26.1 Å². The number of carbonyl (C=O) groups excluding carboxylic acids is 1. The molecule has 0 aliphatic heterocycles. The number of hydrogen-bond acceptors (Lipinski definition) is 3. The van der Waals surface area contributed by atoms with E-state index < -0.39 is 0 Å². The van der Waals surface area contributed by atoms with E-state index in [1.807, 2.05) is 18.2 Å². The molecule has 0 saturated heterocycles. The highest BCUT2D eigenvalue weighted by molar-refractivity contribution is 5.92. The smallest absolute Gasteiger partial charge is 0.238 e. The molecule has 0 fully saturated rings. The van der Waals surface area contributed by atoms with Crippen LogP contribution in [0.4, 0.5) is 5.69 Å². The lowest BCUT2D eigenvalue weighted by Crippen LogP contribution is -2.34. The Labute approximate surface area is 121 Å². The molecule has 1 aromatic rings. The fraction of sp³-hybridized carbons (Fsp3) is 0.562. The Morgan fingerprint density at radius 3 is 2.65 bits per heavy atom. The standard InChI is InChI=1S/C16H26N2O2/c1-12(16(2,3)4)10-17-11-15(19)18-13-7-6-8-14(9-13)20-5/h6-9,12,17H,10-11H2,1-5H3,(H,18,19). The zero-order chi connectivity index (χ0) is 15.2. The minimum absolute atomic E-state index is 0.0423. The van der Waals surface area contributed by atoms with Gasteiger partial charge in [0.15, 0.2) is 0 Å². The van der Waals surface area contributed by atoms with E-state index in [9.17, 15) is 4.79 Å². The number of amides is 1. The molecule has 112 valence electrons. The van der Waals surface area contributed by atoms with Crippen molar-refractivity contribution in [2.75, 3.05) is 25.5 Å². The van der Waals surface area contributed by atoms with E-state index in [0.29, 0.717) is 12.5 Å². The van der Waals surface area contributed by atoms with Gasteiger partial charge in [-0.1, -0.05) is 33.8 Å². The van der Waals surface area contributed by atoms with Crippen LogP contribution in [0.5, 0.6) is 5.75 Å². The molecule has 1 rings (SSSR count). The van der Waals surface area contributed by atoms with Gasteiger partial charge < -0.3 is 15.4 Å². The maximum absolute atomic E-state index is 11.8. The number of ether oxygens (including phenoxy) is 1. The first-order valence-electron chi connectivity index (χ1n) is 6.97. The van der Waals surface area contributed by atoms with Gasteiger partial charge in [-0.3, -0.25) is 4.79 Å². The first-order valence-corrected chi connectivity index (χ1v) is 6.97. The molecule has 0 heterocycles. The van der Waals surface area contributed by atoms with Gasteiger partial charge >= 0.3 is 0 Å².